The first-order valence-corrected chi connectivity index (χ1v) is 9.31. The van der Waals surface area contributed by atoms with E-state index < -0.39 is 30.1 Å². The number of nitrogens with zero attached hydrogens (tertiary/aromatic N) is 2. The van der Waals surface area contributed by atoms with Crippen molar-refractivity contribution in [3.05, 3.63) is 54.1 Å². The molecule has 0 unspecified atom stereocenters. The summed E-state index contributed by atoms with van der Waals surface area (Å²) in [7, 11) is 0. The van der Waals surface area contributed by atoms with E-state index >= 15 is 0 Å². The van der Waals surface area contributed by atoms with Crippen molar-refractivity contribution in [1.29, 1.82) is 5.26 Å². The molecule has 8 heteroatoms. The van der Waals surface area contributed by atoms with E-state index in [-0.39, 0.29) is 5.91 Å². The lowest BCUT2D eigenvalue weighted by molar-refractivity contribution is -0.154. The van der Waals surface area contributed by atoms with Crippen LogP contribution in [0.2, 0.25) is 0 Å². The molecule has 2 aromatic carbocycles. The molecule has 1 atom stereocenters. The summed E-state index contributed by atoms with van der Waals surface area (Å²) in [5.41, 5.74) is 0.364. The van der Waals surface area contributed by atoms with Gasteiger partial charge in [0.1, 0.15) is 11.3 Å². The van der Waals surface area contributed by atoms with Crippen molar-refractivity contribution in [2.75, 3.05) is 16.8 Å². The van der Waals surface area contributed by atoms with E-state index in [0.29, 0.717) is 22.7 Å². The van der Waals surface area contributed by atoms with Gasteiger partial charge in [-0.2, -0.15) is 5.26 Å². The molecule has 1 aliphatic rings. The smallest absolute Gasteiger partial charge is 0.347 e. The molecule has 1 aliphatic heterocycles. The summed E-state index contributed by atoms with van der Waals surface area (Å²) in [5, 5.41) is 11.6. The van der Waals surface area contributed by atoms with E-state index in [4.69, 9.17) is 14.7 Å². The second-order valence-corrected chi connectivity index (χ2v) is 7.26. The number of ether oxygens (including phenoxy) is 2. The third kappa shape index (κ3) is 4.10. The number of anilines is 2. The van der Waals surface area contributed by atoms with Crippen LogP contribution in [0.4, 0.5) is 11.4 Å². The van der Waals surface area contributed by atoms with Crippen LogP contribution >= 0.6 is 0 Å². The molecule has 0 fully saturated rings. The zero-order valence-corrected chi connectivity index (χ0v) is 16.8. The number of fused-ring (bicyclic) bond motifs is 1. The van der Waals surface area contributed by atoms with Gasteiger partial charge in [0.2, 0.25) is 5.91 Å². The second kappa shape index (κ2) is 8.25. The van der Waals surface area contributed by atoms with Crippen LogP contribution in [0.3, 0.4) is 0 Å². The average Bonchev–Trinajstić information content (AvgIpc) is 2.73. The molecular weight excluding hydrogens is 386 g/mol. The van der Waals surface area contributed by atoms with E-state index in [1.54, 1.807) is 62.4 Å². The van der Waals surface area contributed by atoms with Crippen molar-refractivity contribution in [2.45, 2.75) is 32.4 Å². The largest absolute Gasteiger partial charge is 0.479 e. The Morgan fingerprint density at radius 3 is 2.50 bits per heavy atom. The van der Waals surface area contributed by atoms with Gasteiger partial charge in [-0.05, 0) is 57.2 Å². The van der Waals surface area contributed by atoms with E-state index in [0.717, 1.165) is 0 Å². The lowest BCUT2D eigenvalue weighted by Gasteiger charge is -2.41. The van der Waals surface area contributed by atoms with Crippen molar-refractivity contribution in [2.24, 2.45) is 0 Å². The molecule has 1 N–H and O–H groups in total. The van der Waals surface area contributed by atoms with Crippen LogP contribution in [0, 0.1) is 11.3 Å². The van der Waals surface area contributed by atoms with E-state index in [2.05, 4.69) is 5.32 Å². The monoisotopic (exact) mass is 407 g/mol. The number of carbonyl (C=O) groups excluding carboxylic acids is 3. The molecule has 0 saturated heterocycles. The summed E-state index contributed by atoms with van der Waals surface area (Å²) in [6.07, 6.45) is -0.962. The van der Waals surface area contributed by atoms with Gasteiger partial charge in [-0.25, -0.2) is 4.79 Å². The first-order valence-electron chi connectivity index (χ1n) is 9.31. The molecule has 0 radical (unpaired) electrons. The van der Waals surface area contributed by atoms with Crippen molar-refractivity contribution >= 4 is 29.2 Å². The fraction of sp³-hybridized carbons (Fsp3) is 0.273. The molecule has 0 aromatic heterocycles. The highest BCUT2D eigenvalue weighted by molar-refractivity contribution is 6.14. The van der Waals surface area contributed by atoms with Gasteiger partial charge in [0, 0.05) is 0 Å². The molecule has 154 valence electrons. The number of para-hydroxylation sites is 2. The molecule has 0 spiro atoms. The molecule has 2 aromatic rings. The number of hydrogen-bond donors (Lipinski definition) is 1. The quantitative estimate of drug-likeness (QED) is 0.763. The van der Waals surface area contributed by atoms with Crippen LogP contribution in [0.5, 0.6) is 5.75 Å². The summed E-state index contributed by atoms with van der Waals surface area (Å²) >= 11 is 0. The zero-order chi connectivity index (χ0) is 21.9. The van der Waals surface area contributed by atoms with Crippen LogP contribution in [-0.4, -0.2) is 36.0 Å². The number of esters is 1. The predicted molar refractivity (Wildman–Crippen MR) is 109 cm³/mol. The highest BCUT2D eigenvalue weighted by Crippen LogP contribution is 2.36. The van der Waals surface area contributed by atoms with Crippen LogP contribution in [-0.2, 0) is 19.1 Å². The van der Waals surface area contributed by atoms with Crippen molar-refractivity contribution in [3.63, 3.8) is 0 Å². The molecule has 2 amide bonds. The van der Waals surface area contributed by atoms with E-state index in [9.17, 15) is 14.4 Å². The molecule has 8 nitrogen and oxygen atoms in total. The minimum atomic E-state index is -1.15. The maximum absolute atomic E-state index is 12.9. The van der Waals surface area contributed by atoms with Crippen LogP contribution in [0.15, 0.2) is 48.5 Å². The Morgan fingerprint density at radius 1 is 1.17 bits per heavy atom. The van der Waals surface area contributed by atoms with Crippen molar-refractivity contribution < 1.29 is 23.9 Å². The number of carbonyl (C=O) groups is 3. The number of hydrogen-bond acceptors (Lipinski definition) is 6. The highest BCUT2D eigenvalue weighted by Gasteiger charge is 2.43. The van der Waals surface area contributed by atoms with Gasteiger partial charge in [0.25, 0.3) is 5.91 Å². The van der Waals surface area contributed by atoms with E-state index in [1.807, 2.05) is 6.07 Å². The maximum atomic E-state index is 12.9. The average molecular weight is 407 g/mol. The molecule has 3 rings (SSSR count). The number of nitrogens with one attached hydrogen (secondary N) is 1. The van der Waals surface area contributed by atoms with Gasteiger partial charge < -0.3 is 14.8 Å². The lowest BCUT2D eigenvalue weighted by Crippen LogP contribution is -2.59. The van der Waals surface area contributed by atoms with Crippen molar-refractivity contribution in [1.82, 2.24) is 0 Å². The highest BCUT2D eigenvalue weighted by atomic mass is 16.6. The third-order valence-corrected chi connectivity index (χ3v) is 4.72. The van der Waals surface area contributed by atoms with Crippen molar-refractivity contribution in [3.8, 4) is 11.8 Å². The van der Waals surface area contributed by atoms with Gasteiger partial charge >= 0.3 is 5.97 Å². The first kappa shape index (κ1) is 20.9. The van der Waals surface area contributed by atoms with Crippen LogP contribution < -0.4 is 15.0 Å². The number of benzene rings is 2. The summed E-state index contributed by atoms with van der Waals surface area (Å²) < 4.78 is 10.6. The number of amides is 2. The summed E-state index contributed by atoms with van der Waals surface area (Å²) in [5.74, 6) is -1.19. The zero-order valence-electron chi connectivity index (χ0n) is 16.8. The van der Waals surface area contributed by atoms with Crippen LogP contribution in [0.1, 0.15) is 26.3 Å². The molecule has 0 aliphatic carbocycles. The molecule has 0 saturated carbocycles. The minimum absolute atomic E-state index is 0.335. The Balaban J connectivity index is 1.66. The Morgan fingerprint density at radius 2 is 1.83 bits per heavy atom. The minimum Gasteiger partial charge on any atom is -0.479 e. The summed E-state index contributed by atoms with van der Waals surface area (Å²) in [6.45, 7) is 4.20. The summed E-state index contributed by atoms with van der Waals surface area (Å²) in [4.78, 5) is 38.9. The lowest BCUT2D eigenvalue weighted by atomic mass is 9.96. The van der Waals surface area contributed by atoms with Gasteiger partial charge in [0.15, 0.2) is 12.7 Å². The Bertz CT molecular complexity index is 1020. The number of rotatable bonds is 5. The Hall–Kier alpha value is -3.86. The third-order valence-electron chi connectivity index (χ3n) is 4.72. The van der Waals surface area contributed by atoms with E-state index in [1.165, 1.54) is 11.8 Å². The Kier molecular flexibility index (Phi) is 5.74. The van der Waals surface area contributed by atoms with Gasteiger partial charge in [0.05, 0.1) is 23.0 Å². The molecular formula is C22H21N3O5. The number of nitriles is 1. The molecule has 30 heavy (non-hydrogen) atoms. The second-order valence-electron chi connectivity index (χ2n) is 7.26. The van der Waals surface area contributed by atoms with Crippen LogP contribution in [0.25, 0.3) is 0 Å². The molecule has 1 heterocycles. The normalized spacial score (nSPS) is 15.3. The fourth-order valence-corrected chi connectivity index (χ4v) is 3.07. The Labute approximate surface area is 174 Å². The fourth-order valence-electron chi connectivity index (χ4n) is 3.07. The van der Waals surface area contributed by atoms with Gasteiger partial charge in [-0.1, -0.05) is 12.1 Å². The first-order chi connectivity index (χ1) is 14.2. The topological polar surface area (TPSA) is 109 Å². The maximum Gasteiger partial charge on any atom is 0.347 e. The van der Waals surface area contributed by atoms with Gasteiger partial charge in [-0.3, -0.25) is 14.5 Å². The SMILES string of the molecule is C[C@H](Oc1ccc(C#N)cc1)C(=O)OCC(=O)N1c2ccccc2NC(=O)C1(C)C. The van der Waals surface area contributed by atoms with Gasteiger partial charge in [-0.15, -0.1) is 0 Å². The molecule has 0 bridgehead atoms. The summed E-state index contributed by atoms with van der Waals surface area (Å²) in [6, 6.07) is 15.2. The predicted octanol–water partition coefficient (Wildman–Crippen LogP) is 2.63. The standard InChI is InChI=1S/C22H21N3O5/c1-14(30-16-10-8-15(12-23)9-11-16)20(27)29-13-19(26)25-18-7-5-4-6-17(18)24-21(28)22(25,2)3/h4-11,14H,13H2,1-3H3,(H,24,28)/t14-/m0/s1.